The van der Waals surface area contributed by atoms with Gasteiger partial charge in [0.05, 0.1) is 32.0 Å². The van der Waals surface area contributed by atoms with E-state index in [0.29, 0.717) is 37.7 Å². The fourth-order valence-corrected chi connectivity index (χ4v) is 3.31. The van der Waals surface area contributed by atoms with Crippen molar-refractivity contribution >= 4 is 11.8 Å². The number of aliphatic hydroxyl groups excluding tert-OH is 1. The SMILES string of the molecule is CSC1CCCC1NCC(O)COCCOC(C)C. The molecule has 0 bridgehead atoms. The molecule has 0 spiro atoms. The number of hydrogen-bond acceptors (Lipinski definition) is 5. The van der Waals surface area contributed by atoms with Crippen LogP contribution < -0.4 is 5.32 Å². The van der Waals surface area contributed by atoms with Gasteiger partial charge in [-0.1, -0.05) is 6.42 Å². The second-order valence-corrected chi connectivity index (χ2v) is 6.44. The summed E-state index contributed by atoms with van der Waals surface area (Å²) in [4.78, 5) is 0. The first-order valence-electron chi connectivity index (χ1n) is 7.27. The maximum absolute atomic E-state index is 9.84. The fraction of sp³-hybridized carbons (Fsp3) is 1.00. The minimum Gasteiger partial charge on any atom is -0.389 e. The summed E-state index contributed by atoms with van der Waals surface area (Å²) in [7, 11) is 0. The van der Waals surface area contributed by atoms with Crippen molar-refractivity contribution in [1.29, 1.82) is 0 Å². The van der Waals surface area contributed by atoms with E-state index in [2.05, 4.69) is 11.6 Å². The maximum atomic E-state index is 9.84. The molecule has 1 fully saturated rings. The van der Waals surface area contributed by atoms with Crippen molar-refractivity contribution in [2.45, 2.75) is 56.6 Å². The average Bonchev–Trinajstić information content (AvgIpc) is 2.83. The molecule has 19 heavy (non-hydrogen) atoms. The Bertz CT molecular complexity index is 229. The molecule has 2 N–H and O–H groups in total. The van der Waals surface area contributed by atoms with Crippen LogP contribution in [-0.2, 0) is 9.47 Å². The van der Waals surface area contributed by atoms with Crippen molar-refractivity contribution in [3.63, 3.8) is 0 Å². The Morgan fingerprint density at radius 2 is 2.11 bits per heavy atom. The summed E-state index contributed by atoms with van der Waals surface area (Å²) < 4.78 is 10.8. The monoisotopic (exact) mass is 291 g/mol. The number of aliphatic hydroxyl groups is 1. The van der Waals surface area contributed by atoms with Gasteiger partial charge in [0.25, 0.3) is 0 Å². The van der Waals surface area contributed by atoms with Gasteiger partial charge in [-0.15, -0.1) is 0 Å². The zero-order valence-electron chi connectivity index (χ0n) is 12.4. The molecule has 3 atom stereocenters. The van der Waals surface area contributed by atoms with E-state index in [1.165, 1.54) is 19.3 Å². The average molecular weight is 291 g/mol. The molecule has 0 amide bonds. The highest BCUT2D eigenvalue weighted by molar-refractivity contribution is 7.99. The molecular weight excluding hydrogens is 262 g/mol. The summed E-state index contributed by atoms with van der Waals surface area (Å²) in [5.41, 5.74) is 0. The summed E-state index contributed by atoms with van der Waals surface area (Å²) in [6.45, 7) is 6.14. The Morgan fingerprint density at radius 1 is 1.32 bits per heavy atom. The molecule has 3 unspecified atom stereocenters. The molecule has 1 aliphatic carbocycles. The second kappa shape index (κ2) is 10.00. The minimum atomic E-state index is -0.429. The minimum absolute atomic E-state index is 0.237. The van der Waals surface area contributed by atoms with E-state index in [-0.39, 0.29) is 6.10 Å². The molecule has 1 saturated carbocycles. The van der Waals surface area contributed by atoms with Crippen LogP contribution in [-0.4, -0.2) is 61.2 Å². The van der Waals surface area contributed by atoms with Crippen LogP contribution in [0.4, 0.5) is 0 Å². The van der Waals surface area contributed by atoms with Crippen molar-refractivity contribution in [1.82, 2.24) is 5.32 Å². The predicted molar refractivity (Wildman–Crippen MR) is 80.9 cm³/mol. The Morgan fingerprint density at radius 3 is 2.79 bits per heavy atom. The molecule has 0 saturated heterocycles. The van der Waals surface area contributed by atoms with Crippen molar-refractivity contribution in [3.8, 4) is 0 Å². The zero-order valence-corrected chi connectivity index (χ0v) is 13.2. The Kier molecular flexibility index (Phi) is 9.07. The van der Waals surface area contributed by atoms with Gasteiger partial charge in [0.2, 0.25) is 0 Å². The maximum Gasteiger partial charge on any atom is 0.0897 e. The second-order valence-electron chi connectivity index (χ2n) is 5.37. The van der Waals surface area contributed by atoms with Gasteiger partial charge in [-0.25, -0.2) is 0 Å². The normalized spacial score (nSPS) is 25.1. The van der Waals surface area contributed by atoms with Gasteiger partial charge in [-0.2, -0.15) is 11.8 Å². The van der Waals surface area contributed by atoms with Gasteiger partial charge in [-0.3, -0.25) is 0 Å². The van der Waals surface area contributed by atoms with Crippen molar-refractivity contribution in [3.05, 3.63) is 0 Å². The molecule has 0 aliphatic heterocycles. The first-order valence-corrected chi connectivity index (χ1v) is 8.56. The molecule has 0 heterocycles. The van der Waals surface area contributed by atoms with Crippen molar-refractivity contribution < 1.29 is 14.6 Å². The Balaban J connectivity index is 2.00. The molecule has 0 aromatic heterocycles. The van der Waals surface area contributed by atoms with E-state index in [0.717, 1.165) is 0 Å². The van der Waals surface area contributed by atoms with Crippen LogP contribution in [0.25, 0.3) is 0 Å². The highest BCUT2D eigenvalue weighted by Gasteiger charge is 2.26. The van der Waals surface area contributed by atoms with Crippen LogP contribution >= 0.6 is 11.8 Å². The summed E-state index contributed by atoms with van der Waals surface area (Å²) in [6.07, 6.45) is 5.78. The predicted octanol–water partition coefficient (Wildman–Crippen LogP) is 1.66. The van der Waals surface area contributed by atoms with Gasteiger partial charge in [0.15, 0.2) is 0 Å². The van der Waals surface area contributed by atoms with Gasteiger partial charge in [0.1, 0.15) is 0 Å². The Labute approximate surface area is 121 Å². The van der Waals surface area contributed by atoms with E-state index >= 15 is 0 Å². The number of thioether (sulfide) groups is 1. The van der Waals surface area contributed by atoms with Gasteiger partial charge in [-0.05, 0) is 32.9 Å². The standard InChI is InChI=1S/C14H29NO3S/c1-11(2)18-8-7-17-10-12(16)9-15-13-5-4-6-14(13)19-3/h11-16H,4-10H2,1-3H3. The quantitative estimate of drug-likeness (QED) is 0.600. The van der Waals surface area contributed by atoms with Gasteiger partial charge < -0.3 is 19.9 Å². The van der Waals surface area contributed by atoms with E-state index < -0.39 is 6.10 Å². The molecule has 0 aromatic rings. The first-order chi connectivity index (χ1) is 9.13. The lowest BCUT2D eigenvalue weighted by Gasteiger charge is -2.21. The molecular formula is C14H29NO3S. The largest absolute Gasteiger partial charge is 0.389 e. The van der Waals surface area contributed by atoms with Crippen LogP contribution in [0.1, 0.15) is 33.1 Å². The summed E-state index contributed by atoms with van der Waals surface area (Å²) in [5.74, 6) is 0. The van der Waals surface area contributed by atoms with Crippen LogP contribution in [0.3, 0.4) is 0 Å². The lowest BCUT2D eigenvalue weighted by Crippen LogP contribution is -2.40. The van der Waals surface area contributed by atoms with E-state index in [1.54, 1.807) is 0 Å². The van der Waals surface area contributed by atoms with Crippen LogP contribution in [0.2, 0.25) is 0 Å². The van der Waals surface area contributed by atoms with Gasteiger partial charge in [0, 0.05) is 17.8 Å². The lowest BCUT2D eigenvalue weighted by molar-refractivity contribution is -0.0104. The molecule has 0 aromatic carbocycles. The van der Waals surface area contributed by atoms with Crippen LogP contribution in [0.15, 0.2) is 0 Å². The number of nitrogens with one attached hydrogen (secondary N) is 1. The van der Waals surface area contributed by atoms with Crippen molar-refractivity contribution in [2.75, 3.05) is 32.6 Å². The topological polar surface area (TPSA) is 50.7 Å². The number of hydrogen-bond donors (Lipinski definition) is 2. The first kappa shape index (κ1) is 17.2. The number of rotatable bonds is 10. The molecule has 5 heteroatoms. The van der Waals surface area contributed by atoms with Crippen molar-refractivity contribution in [2.24, 2.45) is 0 Å². The van der Waals surface area contributed by atoms with E-state index in [4.69, 9.17) is 9.47 Å². The highest BCUT2D eigenvalue weighted by atomic mass is 32.2. The van der Waals surface area contributed by atoms with Gasteiger partial charge >= 0.3 is 0 Å². The molecule has 114 valence electrons. The lowest BCUT2D eigenvalue weighted by atomic mass is 10.2. The molecule has 1 rings (SSSR count). The zero-order chi connectivity index (χ0) is 14.1. The van der Waals surface area contributed by atoms with E-state index in [1.807, 2.05) is 25.6 Å². The summed E-state index contributed by atoms with van der Waals surface area (Å²) in [6, 6.07) is 0.550. The molecule has 1 aliphatic rings. The third kappa shape index (κ3) is 7.51. The van der Waals surface area contributed by atoms with Crippen LogP contribution in [0.5, 0.6) is 0 Å². The van der Waals surface area contributed by atoms with E-state index in [9.17, 15) is 5.11 Å². The number of ether oxygens (including phenoxy) is 2. The highest BCUT2D eigenvalue weighted by Crippen LogP contribution is 2.28. The van der Waals surface area contributed by atoms with Crippen LogP contribution in [0, 0.1) is 0 Å². The summed E-state index contributed by atoms with van der Waals surface area (Å²) in [5, 5.41) is 14.0. The third-order valence-electron chi connectivity index (χ3n) is 3.36. The Hall–Kier alpha value is 0.190. The molecule has 4 nitrogen and oxygen atoms in total. The fourth-order valence-electron chi connectivity index (χ4n) is 2.35. The summed E-state index contributed by atoms with van der Waals surface area (Å²) >= 11 is 1.93. The molecule has 0 radical (unpaired) electrons. The third-order valence-corrected chi connectivity index (χ3v) is 4.53. The smallest absolute Gasteiger partial charge is 0.0897 e.